The van der Waals surface area contributed by atoms with E-state index in [4.69, 9.17) is 0 Å². The zero-order valence-electron chi connectivity index (χ0n) is 16.5. The van der Waals surface area contributed by atoms with Crippen molar-refractivity contribution in [3.63, 3.8) is 0 Å². The highest BCUT2D eigenvalue weighted by atomic mass is 15.6. The lowest BCUT2D eigenvalue weighted by atomic mass is 10.1. The maximum absolute atomic E-state index is 3.64. The van der Waals surface area contributed by atoms with E-state index in [0.29, 0.717) is 0 Å². The summed E-state index contributed by atoms with van der Waals surface area (Å²) >= 11 is 0. The van der Waals surface area contributed by atoms with Crippen molar-refractivity contribution in [2.24, 2.45) is 0 Å². The number of nitrogens with zero attached hydrogens (tertiary/aromatic N) is 2. The molecule has 0 aromatic heterocycles. The number of hydrogen-bond acceptors (Lipinski definition) is 2. The lowest BCUT2D eigenvalue weighted by Gasteiger charge is -2.14. The number of anilines is 1. The summed E-state index contributed by atoms with van der Waals surface area (Å²) in [6, 6.07) is 23.9. The molecule has 1 aliphatic heterocycles. The first-order valence-corrected chi connectivity index (χ1v) is 9.40. The van der Waals surface area contributed by atoms with E-state index in [0.717, 1.165) is 12.5 Å². The second-order valence-electron chi connectivity index (χ2n) is 7.52. The Kier molecular flexibility index (Phi) is 4.44. The summed E-state index contributed by atoms with van der Waals surface area (Å²) in [6.45, 7) is 9.37. The minimum absolute atomic E-state index is 0.760. The van der Waals surface area contributed by atoms with Crippen molar-refractivity contribution in [1.29, 1.82) is 0 Å². The molecular formula is C24H26N3+. The number of hydrazine groups is 1. The van der Waals surface area contributed by atoms with E-state index >= 15 is 0 Å². The molecule has 3 aromatic rings. The van der Waals surface area contributed by atoms with Crippen molar-refractivity contribution >= 4 is 17.2 Å². The maximum atomic E-state index is 3.64. The van der Waals surface area contributed by atoms with Crippen LogP contribution >= 0.6 is 0 Å². The van der Waals surface area contributed by atoms with E-state index < -0.39 is 0 Å². The molecule has 3 aromatic carbocycles. The Morgan fingerprint density at radius 1 is 0.741 bits per heavy atom. The first kappa shape index (κ1) is 17.3. The van der Waals surface area contributed by atoms with Gasteiger partial charge < -0.3 is 0 Å². The molecule has 0 amide bonds. The molecule has 4 rings (SSSR count). The van der Waals surface area contributed by atoms with Crippen LogP contribution in [0.4, 0.5) is 11.4 Å². The Bertz CT molecular complexity index is 979. The molecule has 136 valence electrons. The average molecular weight is 356 g/mol. The van der Waals surface area contributed by atoms with Gasteiger partial charge in [-0.3, -0.25) is 0 Å². The Labute approximate surface area is 161 Å². The van der Waals surface area contributed by atoms with Crippen LogP contribution in [0.15, 0.2) is 66.7 Å². The highest BCUT2D eigenvalue weighted by Crippen LogP contribution is 2.25. The zero-order chi connectivity index (χ0) is 19.0. The number of hydrogen-bond donors (Lipinski definition) is 1. The predicted molar refractivity (Wildman–Crippen MR) is 113 cm³/mol. The van der Waals surface area contributed by atoms with Gasteiger partial charge in [-0.15, -0.1) is 0 Å². The largest absolute Gasteiger partial charge is 0.307 e. The van der Waals surface area contributed by atoms with Crippen molar-refractivity contribution < 1.29 is 4.58 Å². The van der Waals surface area contributed by atoms with Gasteiger partial charge in [0.25, 0.3) is 0 Å². The monoisotopic (exact) mass is 356 g/mol. The molecule has 0 unspecified atom stereocenters. The third kappa shape index (κ3) is 3.59. The van der Waals surface area contributed by atoms with Crippen LogP contribution in [0.3, 0.4) is 0 Å². The SMILES string of the molecule is Cc1cc(C)cc(N2C[N+](c3cc(C)cc(C)c3)=C(c3ccccc3)N2)c1. The highest BCUT2D eigenvalue weighted by Gasteiger charge is 2.31. The van der Waals surface area contributed by atoms with E-state index in [-0.39, 0.29) is 0 Å². The van der Waals surface area contributed by atoms with Gasteiger partial charge in [0.15, 0.2) is 6.67 Å². The van der Waals surface area contributed by atoms with Crippen molar-refractivity contribution in [3.8, 4) is 0 Å². The van der Waals surface area contributed by atoms with Crippen LogP contribution in [0.1, 0.15) is 27.8 Å². The molecule has 1 N–H and O–H groups in total. The lowest BCUT2D eigenvalue weighted by Crippen LogP contribution is -2.36. The smallest absolute Gasteiger partial charge is 0.204 e. The van der Waals surface area contributed by atoms with Crippen molar-refractivity contribution in [1.82, 2.24) is 5.43 Å². The fourth-order valence-electron chi connectivity index (χ4n) is 3.82. The van der Waals surface area contributed by atoms with Gasteiger partial charge in [0, 0.05) is 0 Å². The molecule has 0 bridgehead atoms. The van der Waals surface area contributed by atoms with Gasteiger partial charge in [-0.05, 0) is 86.3 Å². The number of nitrogens with one attached hydrogen (secondary N) is 1. The molecule has 0 saturated carbocycles. The molecule has 3 heteroatoms. The summed E-state index contributed by atoms with van der Waals surface area (Å²) in [5.74, 6) is 1.11. The molecule has 3 nitrogen and oxygen atoms in total. The molecular weight excluding hydrogens is 330 g/mol. The molecule has 0 aliphatic carbocycles. The van der Waals surface area contributed by atoms with Crippen molar-refractivity contribution in [2.45, 2.75) is 27.7 Å². The van der Waals surface area contributed by atoms with Crippen molar-refractivity contribution in [3.05, 3.63) is 94.5 Å². The molecule has 1 heterocycles. The van der Waals surface area contributed by atoms with Crippen LogP contribution in [-0.2, 0) is 0 Å². The second kappa shape index (κ2) is 6.92. The second-order valence-corrected chi connectivity index (χ2v) is 7.52. The third-order valence-corrected chi connectivity index (χ3v) is 4.88. The van der Waals surface area contributed by atoms with Gasteiger partial charge in [0.05, 0.1) is 11.3 Å². The Balaban J connectivity index is 1.80. The molecule has 27 heavy (non-hydrogen) atoms. The first-order valence-electron chi connectivity index (χ1n) is 9.40. The predicted octanol–water partition coefficient (Wildman–Crippen LogP) is 4.99. The quantitative estimate of drug-likeness (QED) is 0.666. The van der Waals surface area contributed by atoms with Gasteiger partial charge >= 0.3 is 5.84 Å². The summed E-state index contributed by atoms with van der Waals surface area (Å²) in [5.41, 5.74) is 12.3. The molecule has 0 spiro atoms. The van der Waals surface area contributed by atoms with Gasteiger partial charge in [-0.25, -0.2) is 4.58 Å². The summed E-state index contributed by atoms with van der Waals surface area (Å²) < 4.78 is 2.35. The highest BCUT2D eigenvalue weighted by molar-refractivity contribution is 5.97. The maximum Gasteiger partial charge on any atom is 0.307 e. The van der Waals surface area contributed by atoms with Crippen LogP contribution in [-0.4, -0.2) is 17.1 Å². The van der Waals surface area contributed by atoms with E-state index in [1.165, 1.54) is 39.2 Å². The van der Waals surface area contributed by atoms with E-state index in [9.17, 15) is 0 Å². The normalized spacial score (nSPS) is 13.9. The van der Waals surface area contributed by atoms with Crippen LogP contribution in [0.2, 0.25) is 0 Å². The standard InChI is InChI=1S/C24H25N3/c1-17-10-18(2)13-22(12-17)26-16-27(23-14-19(3)11-20(4)15-23)25-24(26)21-8-6-5-7-9-21/h5-15H,16H2,1-4H3/p+1. The Morgan fingerprint density at radius 2 is 1.30 bits per heavy atom. The van der Waals surface area contributed by atoms with E-state index in [1.807, 2.05) is 0 Å². The zero-order valence-corrected chi connectivity index (χ0v) is 16.5. The topological polar surface area (TPSA) is 18.3 Å². The molecule has 1 aliphatic rings. The summed E-state index contributed by atoms with van der Waals surface area (Å²) in [4.78, 5) is 0. The summed E-state index contributed by atoms with van der Waals surface area (Å²) in [6.07, 6.45) is 0. The van der Waals surface area contributed by atoms with Crippen molar-refractivity contribution in [2.75, 3.05) is 11.7 Å². The van der Waals surface area contributed by atoms with E-state index in [2.05, 4.69) is 109 Å². The fourth-order valence-corrected chi connectivity index (χ4v) is 3.82. The lowest BCUT2D eigenvalue weighted by molar-refractivity contribution is -0.430. The minimum Gasteiger partial charge on any atom is -0.204 e. The number of aryl methyl sites for hydroxylation is 4. The van der Waals surface area contributed by atoms with Gasteiger partial charge in [-0.2, -0.15) is 10.4 Å². The number of amidine groups is 1. The summed E-state index contributed by atoms with van der Waals surface area (Å²) in [7, 11) is 0. The molecule has 0 atom stereocenters. The fraction of sp³-hybridized carbons (Fsp3) is 0.208. The van der Waals surface area contributed by atoms with Gasteiger partial charge in [0.1, 0.15) is 5.69 Å². The van der Waals surface area contributed by atoms with E-state index in [1.54, 1.807) is 0 Å². The van der Waals surface area contributed by atoms with Gasteiger partial charge in [-0.1, -0.05) is 30.3 Å². The molecule has 0 fully saturated rings. The van der Waals surface area contributed by atoms with Crippen LogP contribution < -0.4 is 10.4 Å². The third-order valence-electron chi connectivity index (χ3n) is 4.88. The van der Waals surface area contributed by atoms with Crippen LogP contribution in [0, 0.1) is 27.7 Å². The molecule has 0 radical (unpaired) electrons. The van der Waals surface area contributed by atoms with Crippen LogP contribution in [0.25, 0.3) is 0 Å². The molecule has 0 saturated heterocycles. The Hall–Kier alpha value is -3.07. The average Bonchev–Trinajstić information content (AvgIpc) is 3.06. The number of benzene rings is 3. The Morgan fingerprint density at radius 3 is 1.89 bits per heavy atom. The first-order chi connectivity index (χ1) is 13.0. The minimum atomic E-state index is 0.760. The van der Waals surface area contributed by atoms with Gasteiger partial charge in [0.2, 0.25) is 0 Å². The van der Waals surface area contributed by atoms with Crippen LogP contribution in [0.5, 0.6) is 0 Å². The number of rotatable bonds is 3. The summed E-state index contributed by atoms with van der Waals surface area (Å²) in [5, 5.41) is 2.22.